The van der Waals surface area contributed by atoms with E-state index in [9.17, 15) is 9.90 Å². The molecule has 1 aliphatic heterocycles. The van der Waals surface area contributed by atoms with Crippen LogP contribution in [-0.2, 0) is 4.79 Å². The zero-order valence-corrected chi connectivity index (χ0v) is 15.7. The molecule has 7 heteroatoms. The number of amides is 1. The van der Waals surface area contributed by atoms with Gasteiger partial charge in [-0.3, -0.25) is 4.79 Å². The zero-order chi connectivity index (χ0) is 17.6. The lowest BCUT2D eigenvalue weighted by Crippen LogP contribution is -2.36. The summed E-state index contributed by atoms with van der Waals surface area (Å²) in [7, 11) is 0. The van der Waals surface area contributed by atoms with E-state index in [2.05, 4.69) is 10.6 Å². The number of rotatable bonds is 6. The number of carbonyl (C=O) groups is 1. The molecular formula is C19H22Cl2N2O3. The molecule has 1 saturated heterocycles. The van der Waals surface area contributed by atoms with Crippen molar-refractivity contribution in [2.45, 2.75) is 6.10 Å². The Hall–Kier alpha value is -1.79. The molecule has 1 aliphatic rings. The highest BCUT2D eigenvalue weighted by Gasteiger charge is 2.25. The van der Waals surface area contributed by atoms with Gasteiger partial charge in [0, 0.05) is 25.6 Å². The van der Waals surface area contributed by atoms with Gasteiger partial charge in [-0.15, -0.1) is 12.4 Å². The molecule has 5 nitrogen and oxygen atoms in total. The quantitative estimate of drug-likeness (QED) is 0.701. The summed E-state index contributed by atoms with van der Waals surface area (Å²) in [5.74, 6) is 0.277. The predicted octanol–water partition coefficient (Wildman–Crippen LogP) is 2.50. The molecule has 0 bridgehead atoms. The van der Waals surface area contributed by atoms with Crippen molar-refractivity contribution in [2.24, 2.45) is 5.92 Å². The summed E-state index contributed by atoms with van der Waals surface area (Å²) >= 11 is 6.26. The van der Waals surface area contributed by atoms with Crippen LogP contribution in [0.1, 0.15) is 0 Å². The minimum atomic E-state index is -0.416. The van der Waals surface area contributed by atoms with E-state index < -0.39 is 6.10 Å². The first-order valence-corrected chi connectivity index (χ1v) is 8.64. The first-order valence-electron chi connectivity index (χ1n) is 8.27. The fourth-order valence-electron chi connectivity index (χ4n) is 2.79. The van der Waals surface area contributed by atoms with Crippen molar-refractivity contribution in [2.75, 3.05) is 26.2 Å². The molecule has 2 atom stereocenters. The van der Waals surface area contributed by atoms with Gasteiger partial charge in [0.1, 0.15) is 5.75 Å². The summed E-state index contributed by atoms with van der Waals surface area (Å²) in [4.78, 5) is 11.9. The van der Waals surface area contributed by atoms with E-state index in [0.29, 0.717) is 30.4 Å². The molecule has 3 N–H and O–H groups in total. The fourth-order valence-corrected chi connectivity index (χ4v) is 3.03. The summed E-state index contributed by atoms with van der Waals surface area (Å²) in [6, 6.07) is 15.4. The van der Waals surface area contributed by atoms with E-state index in [1.807, 2.05) is 42.5 Å². The maximum Gasteiger partial charge on any atom is 0.257 e. The predicted molar refractivity (Wildman–Crippen MR) is 105 cm³/mol. The molecule has 2 aromatic rings. The van der Waals surface area contributed by atoms with Gasteiger partial charge in [-0.25, -0.2) is 0 Å². The first-order chi connectivity index (χ1) is 12.1. The second kappa shape index (κ2) is 9.78. The van der Waals surface area contributed by atoms with E-state index in [4.69, 9.17) is 16.3 Å². The van der Waals surface area contributed by atoms with Gasteiger partial charge in [-0.1, -0.05) is 48.0 Å². The third-order valence-corrected chi connectivity index (χ3v) is 4.56. The molecule has 0 aliphatic carbocycles. The maximum absolute atomic E-state index is 11.9. The molecule has 0 aromatic heterocycles. The van der Waals surface area contributed by atoms with Crippen molar-refractivity contribution in [3.8, 4) is 16.9 Å². The highest BCUT2D eigenvalue weighted by molar-refractivity contribution is 6.32. The monoisotopic (exact) mass is 396 g/mol. The van der Waals surface area contributed by atoms with Gasteiger partial charge in [-0.05, 0) is 23.3 Å². The number of aliphatic hydroxyl groups is 1. The number of β-amino-alcohol motifs (C(OH)–C–C–N with tert-alkyl or cyclic N) is 1. The Balaban J connectivity index is 0.00000243. The topological polar surface area (TPSA) is 70.6 Å². The Morgan fingerprint density at radius 3 is 2.62 bits per heavy atom. The Morgan fingerprint density at radius 1 is 1.19 bits per heavy atom. The molecule has 1 heterocycles. The average molecular weight is 397 g/mol. The van der Waals surface area contributed by atoms with Crippen molar-refractivity contribution < 1.29 is 14.6 Å². The number of aliphatic hydroxyl groups excluding tert-OH is 1. The number of halogens is 2. The van der Waals surface area contributed by atoms with Crippen molar-refractivity contribution in [1.82, 2.24) is 10.6 Å². The van der Waals surface area contributed by atoms with E-state index in [-0.39, 0.29) is 30.8 Å². The summed E-state index contributed by atoms with van der Waals surface area (Å²) in [6.45, 7) is 1.59. The molecular weight excluding hydrogens is 375 g/mol. The number of nitrogens with one attached hydrogen (secondary N) is 2. The van der Waals surface area contributed by atoms with Crippen LogP contribution in [0.4, 0.5) is 0 Å². The second-order valence-electron chi connectivity index (χ2n) is 6.09. The van der Waals surface area contributed by atoms with E-state index in [1.165, 1.54) is 0 Å². The van der Waals surface area contributed by atoms with E-state index >= 15 is 0 Å². The Morgan fingerprint density at radius 2 is 1.96 bits per heavy atom. The van der Waals surface area contributed by atoms with Gasteiger partial charge >= 0.3 is 0 Å². The van der Waals surface area contributed by atoms with Crippen molar-refractivity contribution in [3.63, 3.8) is 0 Å². The Bertz CT molecular complexity index is 728. The lowest BCUT2D eigenvalue weighted by Gasteiger charge is -2.14. The SMILES string of the molecule is Cl.O=C(COc1ccc(-c2ccccc2)cc1Cl)NCC1CNCC1O. The van der Waals surface area contributed by atoms with Gasteiger partial charge in [-0.2, -0.15) is 0 Å². The van der Waals surface area contributed by atoms with Crippen molar-refractivity contribution >= 4 is 29.9 Å². The maximum atomic E-state index is 11.9. The van der Waals surface area contributed by atoms with Crippen LogP contribution in [0, 0.1) is 5.92 Å². The molecule has 3 rings (SSSR count). The Kier molecular flexibility index (Phi) is 7.72. The van der Waals surface area contributed by atoms with Crippen LogP contribution in [0.5, 0.6) is 5.75 Å². The van der Waals surface area contributed by atoms with E-state index in [0.717, 1.165) is 11.1 Å². The lowest BCUT2D eigenvalue weighted by molar-refractivity contribution is -0.123. The molecule has 0 saturated carbocycles. The molecule has 0 radical (unpaired) electrons. The molecule has 140 valence electrons. The lowest BCUT2D eigenvalue weighted by atomic mass is 10.1. The third kappa shape index (κ3) is 5.35. The minimum absolute atomic E-state index is 0. The van der Waals surface area contributed by atoms with Crippen molar-refractivity contribution in [1.29, 1.82) is 0 Å². The summed E-state index contributed by atoms with van der Waals surface area (Å²) in [6.07, 6.45) is -0.416. The van der Waals surface area contributed by atoms with Crippen LogP contribution in [-0.4, -0.2) is 43.4 Å². The van der Waals surface area contributed by atoms with Gasteiger partial charge in [0.25, 0.3) is 5.91 Å². The Labute approximate surface area is 164 Å². The largest absolute Gasteiger partial charge is 0.482 e. The molecule has 1 fully saturated rings. The van der Waals surface area contributed by atoms with Crippen LogP contribution >= 0.6 is 24.0 Å². The molecule has 2 unspecified atom stereocenters. The number of ether oxygens (including phenoxy) is 1. The van der Waals surface area contributed by atoms with E-state index in [1.54, 1.807) is 6.07 Å². The fraction of sp³-hybridized carbons (Fsp3) is 0.316. The summed E-state index contributed by atoms with van der Waals surface area (Å²) in [5.41, 5.74) is 2.06. The van der Waals surface area contributed by atoms with Gasteiger partial charge in [0.15, 0.2) is 6.61 Å². The third-order valence-electron chi connectivity index (χ3n) is 4.26. The molecule has 26 heavy (non-hydrogen) atoms. The highest BCUT2D eigenvalue weighted by atomic mass is 35.5. The summed E-state index contributed by atoms with van der Waals surface area (Å²) in [5, 5.41) is 16.0. The van der Waals surface area contributed by atoms with Crippen LogP contribution in [0.2, 0.25) is 5.02 Å². The standard InChI is InChI=1S/C19H21ClN2O3.ClH/c20-16-8-14(13-4-2-1-3-5-13)6-7-18(16)25-12-19(24)22-10-15-9-21-11-17(15)23;/h1-8,15,17,21,23H,9-12H2,(H,22,24);1H. The molecule has 0 spiro atoms. The minimum Gasteiger partial charge on any atom is -0.482 e. The van der Waals surface area contributed by atoms with Crippen LogP contribution in [0.25, 0.3) is 11.1 Å². The van der Waals surface area contributed by atoms with Crippen molar-refractivity contribution in [3.05, 3.63) is 53.6 Å². The van der Waals surface area contributed by atoms with Crippen LogP contribution in [0.15, 0.2) is 48.5 Å². The van der Waals surface area contributed by atoms with Gasteiger partial charge in [0.2, 0.25) is 0 Å². The number of carbonyl (C=O) groups excluding carboxylic acids is 1. The normalized spacial score (nSPS) is 18.8. The average Bonchev–Trinajstić information content (AvgIpc) is 3.04. The summed E-state index contributed by atoms with van der Waals surface area (Å²) < 4.78 is 5.51. The highest BCUT2D eigenvalue weighted by Crippen LogP contribution is 2.30. The number of benzene rings is 2. The molecule has 1 amide bonds. The molecule has 2 aromatic carbocycles. The zero-order valence-electron chi connectivity index (χ0n) is 14.2. The van der Waals surface area contributed by atoms with Gasteiger partial charge < -0.3 is 20.5 Å². The number of hydrogen-bond acceptors (Lipinski definition) is 4. The number of hydrogen-bond donors (Lipinski definition) is 3. The smallest absolute Gasteiger partial charge is 0.257 e. The van der Waals surface area contributed by atoms with Gasteiger partial charge in [0.05, 0.1) is 11.1 Å². The first kappa shape index (κ1) is 20.5. The van der Waals surface area contributed by atoms with Crippen LogP contribution in [0.3, 0.4) is 0 Å². The van der Waals surface area contributed by atoms with Crippen LogP contribution < -0.4 is 15.4 Å². The second-order valence-corrected chi connectivity index (χ2v) is 6.50.